The van der Waals surface area contributed by atoms with Crippen molar-refractivity contribution in [2.75, 3.05) is 32.1 Å². The molecule has 1 saturated heterocycles. The van der Waals surface area contributed by atoms with Gasteiger partial charge in [-0.3, -0.25) is 0 Å². The Bertz CT molecular complexity index is 506. The fourth-order valence-electron chi connectivity index (χ4n) is 2.66. The highest BCUT2D eigenvalue weighted by Gasteiger charge is 2.22. The molecule has 5 nitrogen and oxygen atoms in total. The number of likely N-dealkylation sites (N-methyl/N-ethyl adjacent to an activating group) is 2. The highest BCUT2D eigenvalue weighted by atomic mass is 79.9. The molecule has 20 heavy (non-hydrogen) atoms. The Kier molecular flexibility index (Phi) is 4.88. The third-order valence-electron chi connectivity index (χ3n) is 3.92. The minimum absolute atomic E-state index is 0.121. The molecule has 1 aromatic rings. The standard InChI is InChI=1S/C14H21BrN4O/c1-18-7-3-4-11(18)9-19(2)13-6-5-10(8-12(13)15)14(16)17-20/h5-6,8,11,20H,3-4,7,9H2,1-2H3,(H2,16,17). The maximum Gasteiger partial charge on any atom is 0.170 e. The second-order valence-corrected chi connectivity index (χ2v) is 6.16. The van der Waals surface area contributed by atoms with Crippen LogP contribution in [-0.2, 0) is 0 Å². The molecule has 0 saturated carbocycles. The van der Waals surface area contributed by atoms with Gasteiger partial charge in [0.2, 0.25) is 0 Å². The molecule has 2 rings (SSSR count). The van der Waals surface area contributed by atoms with Crippen molar-refractivity contribution in [3.63, 3.8) is 0 Å². The molecule has 110 valence electrons. The number of likely N-dealkylation sites (tertiary alicyclic amines) is 1. The van der Waals surface area contributed by atoms with E-state index in [2.05, 4.69) is 45.0 Å². The van der Waals surface area contributed by atoms with Crippen LogP contribution in [0.3, 0.4) is 0 Å². The lowest BCUT2D eigenvalue weighted by Crippen LogP contribution is -2.36. The van der Waals surface area contributed by atoms with Crippen molar-refractivity contribution in [2.45, 2.75) is 18.9 Å². The third-order valence-corrected chi connectivity index (χ3v) is 4.55. The molecule has 0 amide bonds. The highest BCUT2D eigenvalue weighted by Crippen LogP contribution is 2.28. The van der Waals surface area contributed by atoms with E-state index in [1.54, 1.807) is 0 Å². The average molecular weight is 341 g/mol. The van der Waals surface area contributed by atoms with Crippen LogP contribution in [0.1, 0.15) is 18.4 Å². The summed E-state index contributed by atoms with van der Waals surface area (Å²) in [6, 6.07) is 6.34. The Hall–Kier alpha value is -1.27. The van der Waals surface area contributed by atoms with Gasteiger partial charge in [-0.15, -0.1) is 0 Å². The molecule has 6 heteroatoms. The normalized spacial score (nSPS) is 20.4. The van der Waals surface area contributed by atoms with E-state index in [1.807, 2.05) is 18.2 Å². The maximum atomic E-state index is 8.71. The first kappa shape index (κ1) is 15.1. The monoisotopic (exact) mass is 340 g/mol. The average Bonchev–Trinajstić information content (AvgIpc) is 2.83. The van der Waals surface area contributed by atoms with Gasteiger partial charge in [-0.1, -0.05) is 5.16 Å². The Morgan fingerprint density at radius 3 is 2.90 bits per heavy atom. The van der Waals surface area contributed by atoms with Crippen molar-refractivity contribution in [1.82, 2.24) is 4.90 Å². The molecule has 0 spiro atoms. The second-order valence-electron chi connectivity index (χ2n) is 5.31. The zero-order chi connectivity index (χ0) is 14.7. The molecule has 0 aromatic heterocycles. The van der Waals surface area contributed by atoms with Gasteiger partial charge in [0.1, 0.15) is 0 Å². The van der Waals surface area contributed by atoms with Crippen LogP contribution in [0, 0.1) is 0 Å². The fourth-order valence-corrected chi connectivity index (χ4v) is 3.34. The number of anilines is 1. The van der Waals surface area contributed by atoms with Gasteiger partial charge in [0, 0.05) is 29.7 Å². The molecule has 0 bridgehead atoms. The number of amidine groups is 1. The van der Waals surface area contributed by atoms with Crippen LogP contribution >= 0.6 is 15.9 Å². The van der Waals surface area contributed by atoms with Crippen molar-refractivity contribution in [2.24, 2.45) is 10.9 Å². The van der Waals surface area contributed by atoms with Crippen molar-refractivity contribution in [3.05, 3.63) is 28.2 Å². The predicted octanol–water partition coefficient (Wildman–Crippen LogP) is 2.07. The highest BCUT2D eigenvalue weighted by molar-refractivity contribution is 9.10. The summed E-state index contributed by atoms with van der Waals surface area (Å²) in [5, 5.41) is 11.7. The van der Waals surface area contributed by atoms with Gasteiger partial charge >= 0.3 is 0 Å². The van der Waals surface area contributed by atoms with E-state index in [0.29, 0.717) is 11.6 Å². The molecule has 1 atom stereocenters. The van der Waals surface area contributed by atoms with Crippen molar-refractivity contribution < 1.29 is 5.21 Å². The van der Waals surface area contributed by atoms with Crippen molar-refractivity contribution in [3.8, 4) is 0 Å². The van der Waals surface area contributed by atoms with E-state index in [1.165, 1.54) is 19.4 Å². The predicted molar refractivity (Wildman–Crippen MR) is 85.6 cm³/mol. The number of oxime groups is 1. The summed E-state index contributed by atoms with van der Waals surface area (Å²) in [5.74, 6) is 0.121. The van der Waals surface area contributed by atoms with Gasteiger partial charge in [-0.25, -0.2) is 0 Å². The number of hydrogen-bond acceptors (Lipinski definition) is 4. The summed E-state index contributed by atoms with van der Waals surface area (Å²) in [4.78, 5) is 4.65. The third kappa shape index (κ3) is 3.24. The summed E-state index contributed by atoms with van der Waals surface area (Å²) in [7, 11) is 4.28. The lowest BCUT2D eigenvalue weighted by Gasteiger charge is -2.28. The summed E-state index contributed by atoms with van der Waals surface area (Å²) in [6.45, 7) is 2.18. The van der Waals surface area contributed by atoms with Crippen LogP contribution in [0.2, 0.25) is 0 Å². The van der Waals surface area contributed by atoms with E-state index in [4.69, 9.17) is 10.9 Å². The molecule has 1 aliphatic rings. The van der Waals surface area contributed by atoms with Crippen LogP contribution < -0.4 is 10.6 Å². The number of halogens is 1. The lowest BCUT2D eigenvalue weighted by molar-refractivity contribution is 0.314. The van der Waals surface area contributed by atoms with Crippen LogP contribution in [0.5, 0.6) is 0 Å². The van der Waals surface area contributed by atoms with Crippen LogP contribution in [0.15, 0.2) is 27.8 Å². The second kappa shape index (κ2) is 6.45. The number of benzene rings is 1. The first-order valence-electron chi connectivity index (χ1n) is 6.71. The Labute approximate surface area is 128 Å². The van der Waals surface area contributed by atoms with Crippen LogP contribution in [0.25, 0.3) is 0 Å². The minimum atomic E-state index is 0.121. The largest absolute Gasteiger partial charge is 0.409 e. The summed E-state index contributed by atoms with van der Waals surface area (Å²) in [5.41, 5.74) is 7.41. The SMILES string of the molecule is CN(CC1CCCN1C)c1ccc(/C(N)=N/O)cc1Br. The van der Waals surface area contributed by atoms with Gasteiger partial charge in [-0.2, -0.15) is 0 Å². The van der Waals surface area contributed by atoms with Crippen molar-refractivity contribution in [1.29, 1.82) is 0 Å². The first-order valence-corrected chi connectivity index (χ1v) is 7.51. The van der Waals surface area contributed by atoms with E-state index in [-0.39, 0.29) is 5.84 Å². The topological polar surface area (TPSA) is 65.1 Å². The first-order chi connectivity index (χ1) is 9.52. The molecule has 0 aliphatic carbocycles. The van der Waals surface area contributed by atoms with Gasteiger partial charge in [0.25, 0.3) is 0 Å². The molecular weight excluding hydrogens is 320 g/mol. The molecular formula is C14H21BrN4O. The van der Waals surface area contributed by atoms with Crippen LogP contribution in [-0.4, -0.2) is 49.2 Å². The molecule has 1 aromatic carbocycles. The number of nitrogens with zero attached hydrogens (tertiary/aromatic N) is 3. The van der Waals surface area contributed by atoms with Crippen molar-refractivity contribution >= 4 is 27.5 Å². The van der Waals surface area contributed by atoms with Gasteiger partial charge < -0.3 is 20.7 Å². The Morgan fingerprint density at radius 1 is 1.60 bits per heavy atom. The van der Waals surface area contributed by atoms with E-state index in [0.717, 1.165) is 16.7 Å². The lowest BCUT2D eigenvalue weighted by atomic mass is 10.1. The molecule has 3 N–H and O–H groups in total. The summed E-state index contributed by atoms with van der Waals surface area (Å²) in [6.07, 6.45) is 2.53. The smallest absolute Gasteiger partial charge is 0.170 e. The molecule has 1 fully saturated rings. The minimum Gasteiger partial charge on any atom is -0.409 e. The number of rotatable bonds is 4. The number of hydrogen-bond donors (Lipinski definition) is 2. The molecule has 1 heterocycles. The fraction of sp³-hybridized carbons (Fsp3) is 0.500. The molecule has 1 aliphatic heterocycles. The maximum absolute atomic E-state index is 8.71. The Morgan fingerprint density at radius 2 is 2.35 bits per heavy atom. The van der Waals surface area contributed by atoms with E-state index < -0.39 is 0 Å². The summed E-state index contributed by atoms with van der Waals surface area (Å²) < 4.78 is 0.949. The summed E-state index contributed by atoms with van der Waals surface area (Å²) >= 11 is 3.56. The molecule has 1 unspecified atom stereocenters. The number of nitrogens with two attached hydrogens (primary N) is 1. The van der Waals surface area contributed by atoms with E-state index in [9.17, 15) is 0 Å². The zero-order valence-corrected chi connectivity index (χ0v) is 13.5. The molecule has 0 radical (unpaired) electrons. The zero-order valence-electron chi connectivity index (χ0n) is 11.9. The van der Waals surface area contributed by atoms with E-state index >= 15 is 0 Å². The quantitative estimate of drug-likeness (QED) is 0.381. The van der Waals surface area contributed by atoms with Gasteiger partial charge in [0.15, 0.2) is 5.84 Å². The van der Waals surface area contributed by atoms with Gasteiger partial charge in [0.05, 0.1) is 5.69 Å². The Balaban J connectivity index is 2.12. The van der Waals surface area contributed by atoms with Gasteiger partial charge in [-0.05, 0) is 60.6 Å². The van der Waals surface area contributed by atoms with Crippen LogP contribution in [0.4, 0.5) is 5.69 Å².